The summed E-state index contributed by atoms with van der Waals surface area (Å²) in [5.74, 6) is 0. The van der Waals surface area contributed by atoms with Gasteiger partial charge < -0.3 is 9.52 Å². The van der Waals surface area contributed by atoms with Crippen molar-refractivity contribution >= 4 is 10.0 Å². The highest BCUT2D eigenvalue weighted by Crippen LogP contribution is 2.37. The number of hydrogen-bond donors (Lipinski definition) is 1. The highest BCUT2D eigenvalue weighted by Gasteiger charge is 2.29. The van der Waals surface area contributed by atoms with E-state index in [1.807, 2.05) is 24.3 Å². The summed E-state index contributed by atoms with van der Waals surface area (Å²) in [7, 11) is -3.85. The van der Waals surface area contributed by atoms with Crippen LogP contribution in [0.5, 0.6) is 0 Å². The van der Waals surface area contributed by atoms with Crippen LogP contribution in [0.4, 0.5) is 0 Å². The van der Waals surface area contributed by atoms with Crippen LogP contribution in [0, 0.1) is 0 Å². The van der Waals surface area contributed by atoms with E-state index in [1.54, 1.807) is 6.07 Å². The Kier molecular flexibility index (Phi) is 3.58. The molecule has 0 amide bonds. The van der Waals surface area contributed by atoms with Crippen molar-refractivity contribution in [1.29, 1.82) is 0 Å². The first-order chi connectivity index (χ1) is 11.6. The van der Waals surface area contributed by atoms with Crippen LogP contribution in [0.25, 0.3) is 11.3 Å². The molecule has 0 unspecified atom stereocenters. The van der Waals surface area contributed by atoms with Crippen molar-refractivity contribution in [2.24, 2.45) is 0 Å². The molecule has 0 saturated heterocycles. The monoisotopic (exact) mass is 343 g/mol. The second-order valence-corrected chi connectivity index (χ2v) is 7.63. The molecule has 1 aliphatic rings. The van der Waals surface area contributed by atoms with Gasteiger partial charge in [0.1, 0.15) is 0 Å². The summed E-state index contributed by atoms with van der Waals surface area (Å²) in [6.45, 7) is -0.189. The summed E-state index contributed by atoms with van der Waals surface area (Å²) in [6.07, 6.45) is 5.40. The summed E-state index contributed by atoms with van der Waals surface area (Å²) < 4.78 is 32.4. The maximum Gasteiger partial charge on any atom is 0.301 e. The van der Waals surface area contributed by atoms with E-state index in [0.717, 1.165) is 36.0 Å². The molecule has 1 aliphatic carbocycles. The van der Waals surface area contributed by atoms with E-state index >= 15 is 0 Å². The molecule has 0 spiro atoms. The number of nitrogens with zero attached hydrogens (tertiary/aromatic N) is 1. The van der Waals surface area contributed by atoms with Gasteiger partial charge in [0, 0.05) is 17.3 Å². The lowest BCUT2D eigenvalue weighted by atomic mass is 10.0. The van der Waals surface area contributed by atoms with Crippen LogP contribution in [0.1, 0.15) is 23.1 Å². The fourth-order valence-electron chi connectivity index (χ4n) is 3.39. The number of aryl methyl sites for hydroxylation is 1. The molecule has 0 bridgehead atoms. The highest BCUT2D eigenvalue weighted by atomic mass is 32.2. The van der Waals surface area contributed by atoms with Crippen LogP contribution in [0.15, 0.2) is 58.4 Å². The molecule has 0 saturated carbocycles. The fourth-order valence-corrected chi connectivity index (χ4v) is 4.72. The number of fused-ring (bicyclic) bond motifs is 3. The largest absolute Gasteiger partial charge is 0.451 e. The minimum absolute atomic E-state index is 0.105. The van der Waals surface area contributed by atoms with E-state index in [9.17, 15) is 13.5 Å². The number of furan rings is 1. The zero-order chi connectivity index (χ0) is 16.7. The van der Waals surface area contributed by atoms with Gasteiger partial charge in [0.25, 0.3) is 0 Å². The van der Waals surface area contributed by atoms with E-state index in [1.165, 1.54) is 22.5 Å². The van der Waals surface area contributed by atoms with Crippen LogP contribution in [-0.4, -0.2) is 17.5 Å². The number of hydrogen-bond acceptors (Lipinski definition) is 4. The summed E-state index contributed by atoms with van der Waals surface area (Å²) >= 11 is 0. The van der Waals surface area contributed by atoms with Gasteiger partial charge in [0.2, 0.25) is 5.09 Å². The van der Waals surface area contributed by atoms with Gasteiger partial charge in [-0.15, -0.1) is 0 Å². The van der Waals surface area contributed by atoms with E-state index < -0.39 is 10.0 Å². The van der Waals surface area contributed by atoms with E-state index in [-0.39, 0.29) is 11.7 Å². The van der Waals surface area contributed by atoms with E-state index in [2.05, 4.69) is 0 Å². The van der Waals surface area contributed by atoms with Gasteiger partial charge in [-0.25, -0.2) is 3.97 Å². The average molecular weight is 343 g/mol. The first kappa shape index (κ1) is 15.2. The minimum atomic E-state index is -3.85. The molecular weight excluding hydrogens is 326 g/mol. The molecule has 2 heterocycles. The third-order valence-corrected chi connectivity index (χ3v) is 6.04. The molecule has 24 heavy (non-hydrogen) atoms. The third-order valence-electron chi connectivity index (χ3n) is 4.49. The van der Waals surface area contributed by atoms with Crippen molar-refractivity contribution in [2.75, 3.05) is 0 Å². The summed E-state index contributed by atoms with van der Waals surface area (Å²) in [5, 5.41) is 9.61. The lowest BCUT2D eigenvalue weighted by Gasteiger charge is -2.12. The van der Waals surface area contributed by atoms with Crippen LogP contribution >= 0.6 is 0 Å². The Labute approximate surface area is 140 Å². The second-order valence-electron chi connectivity index (χ2n) is 5.88. The molecule has 5 nitrogen and oxygen atoms in total. The predicted octanol–water partition coefficient (Wildman–Crippen LogP) is 2.97. The lowest BCUT2D eigenvalue weighted by Crippen LogP contribution is -2.13. The predicted molar refractivity (Wildman–Crippen MR) is 89.1 cm³/mol. The molecule has 4 rings (SSSR count). The van der Waals surface area contributed by atoms with Gasteiger partial charge in [0.05, 0.1) is 18.6 Å². The van der Waals surface area contributed by atoms with Gasteiger partial charge >= 0.3 is 10.0 Å². The molecule has 0 fully saturated rings. The third kappa shape index (κ3) is 2.22. The van der Waals surface area contributed by atoms with Crippen LogP contribution in [-0.2, 0) is 29.5 Å². The molecule has 1 aromatic carbocycles. The summed E-state index contributed by atoms with van der Waals surface area (Å²) in [4.78, 5) is 0. The number of benzene rings is 1. The molecule has 0 atom stereocenters. The molecule has 0 radical (unpaired) electrons. The number of aromatic nitrogens is 1. The minimum Gasteiger partial charge on any atom is -0.451 e. The first-order valence-electron chi connectivity index (χ1n) is 7.84. The molecule has 1 N–H and O–H groups in total. The SMILES string of the molecule is O=S(=O)(c1ccco1)n1cc(CO)c2c1-c1ccccc1CCC2. The quantitative estimate of drug-likeness (QED) is 0.793. The summed E-state index contributed by atoms with van der Waals surface area (Å²) in [6, 6.07) is 10.8. The van der Waals surface area contributed by atoms with Gasteiger partial charge in [0.15, 0.2) is 0 Å². The van der Waals surface area contributed by atoms with Crippen molar-refractivity contribution in [2.45, 2.75) is 31.0 Å². The van der Waals surface area contributed by atoms with Crippen molar-refractivity contribution in [3.05, 3.63) is 65.5 Å². The lowest BCUT2D eigenvalue weighted by molar-refractivity contribution is 0.281. The normalized spacial score (nSPS) is 14.0. The Balaban J connectivity index is 2.04. The van der Waals surface area contributed by atoms with Crippen molar-refractivity contribution < 1.29 is 17.9 Å². The van der Waals surface area contributed by atoms with E-state index in [4.69, 9.17) is 4.42 Å². The number of rotatable bonds is 3. The first-order valence-corrected chi connectivity index (χ1v) is 9.28. The maximum atomic E-state index is 13.0. The zero-order valence-corrected chi connectivity index (χ0v) is 13.8. The van der Waals surface area contributed by atoms with Crippen molar-refractivity contribution in [3.63, 3.8) is 0 Å². The molecule has 2 aromatic heterocycles. The Morgan fingerprint density at radius 2 is 1.96 bits per heavy atom. The second kappa shape index (κ2) is 5.65. The van der Waals surface area contributed by atoms with Gasteiger partial charge in [-0.05, 0) is 42.5 Å². The Morgan fingerprint density at radius 3 is 2.71 bits per heavy atom. The number of aliphatic hydroxyl groups excluding tert-OH is 1. The van der Waals surface area contributed by atoms with Gasteiger partial charge in [-0.3, -0.25) is 0 Å². The highest BCUT2D eigenvalue weighted by molar-refractivity contribution is 7.89. The topological polar surface area (TPSA) is 72.4 Å². The standard InChI is InChI=1S/C18H17NO4S/c20-12-14-11-19(24(21,22)17-9-4-10-23-17)18-15-7-2-1-5-13(15)6-3-8-16(14)18/h1-2,4-5,7,9-11,20H,3,6,8,12H2. The number of aliphatic hydroxyl groups is 1. The molecular formula is C18H17NO4S. The van der Waals surface area contributed by atoms with Crippen molar-refractivity contribution in [1.82, 2.24) is 3.97 Å². The van der Waals surface area contributed by atoms with Crippen LogP contribution in [0.3, 0.4) is 0 Å². The van der Waals surface area contributed by atoms with Crippen LogP contribution < -0.4 is 0 Å². The molecule has 6 heteroatoms. The Hall–Kier alpha value is -2.31. The van der Waals surface area contributed by atoms with Crippen molar-refractivity contribution in [3.8, 4) is 11.3 Å². The maximum absolute atomic E-state index is 13.0. The van der Waals surface area contributed by atoms with E-state index in [0.29, 0.717) is 11.3 Å². The molecule has 124 valence electrons. The van der Waals surface area contributed by atoms with Crippen LogP contribution in [0.2, 0.25) is 0 Å². The Morgan fingerprint density at radius 1 is 1.12 bits per heavy atom. The average Bonchev–Trinajstić information content (AvgIpc) is 3.20. The summed E-state index contributed by atoms with van der Waals surface area (Å²) in [5.41, 5.74) is 4.22. The fraction of sp³-hybridized carbons (Fsp3) is 0.222. The Bertz CT molecular complexity index is 984. The zero-order valence-electron chi connectivity index (χ0n) is 13.0. The smallest absolute Gasteiger partial charge is 0.301 e. The van der Waals surface area contributed by atoms with Gasteiger partial charge in [-0.2, -0.15) is 8.42 Å². The molecule has 0 aliphatic heterocycles. The molecule has 3 aromatic rings. The van der Waals surface area contributed by atoms with Gasteiger partial charge in [-0.1, -0.05) is 24.3 Å².